The van der Waals surface area contributed by atoms with Gasteiger partial charge in [0, 0.05) is 33.1 Å². The summed E-state index contributed by atoms with van der Waals surface area (Å²) in [7, 11) is 2.10. The molecular weight excluding hydrogens is 362 g/mol. The molecule has 0 radical (unpaired) electrons. The second-order valence-corrected chi connectivity index (χ2v) is 7.18. The van der Waals surface area contributed by atoms with Gasteiger partial charge < -0.3 is 19.5 Å². The van der Waals surface area contributed by atoms with Crippen molar-refractivity contribution >= 4 is 40.6 Å². The average molecular weight is 382 g/mol. The Kier molecular flexibility index (Phi) is 5.82. The van der Waals surface area contributed by atoms with Crippen LogP contribution in [0.15, 0.2) is 27.8 Å². The van der Waals surface area contributed by atoms with Crippen LogP contribution in [0.25, 0.3) is 0 Å². The largest absolute Gasteiger partial charge is 0.416 e. The Bertz CT molecular complexity index is 746. The SMILES string of the molecule is Cc1nnc(SCC(=O)Nc2cccc(Cl)c2N2CCN(C)CC2)o1. The minimum Gasteiger partial charge on any atom is -0.416 e. The standard InChI is InChI=1S/C16H20ClN5O2S/c1-11-19-20-16(24-11)25-10-14(23)18-13-5-3-4-12(17)15(13)22-8-6-21(2)7-9-22/h3-5H,6-10H2,1-2H3,(H,18,23). The van der Waals surface area contributed by atoms with Gasteiger partial charge in [0.25, 0.3) is 5.22 Å². The number of rotatable bonds is 5. The number of nitrogens with zero attached hydrogens (tertiary/aromatic N) is 4. The first-order chi connectivity index (χ1) is 12.0. The van der Waals surface area contributed by atoms with E-state index in [1.165, 1.54) is 11.8 Å². The second-order valence-electron chi connectivity index (χ2n) is 5.85. The molecule has 0 atom stereocenters. The van der Waals surface area contributed by atoms with Gasteiger partial charge in [0.1, 0.15) is 0 Å². The van der Waals surface area contributed by atoms with Crippen molar-refractivity contribution in [3.05, 3.63) is 29.1 Å². The normalized spacial score (nSPS) is 15.4. The number of aryl methyl sites for hydroxylation is 1. The van der Waals surface area contributed by atoms with Crippen molar-refractivity contribution in [1.82, 2.24) is 15.1 Å². The Balaban J connectivity index is 1.67. The minimum absolute atomic E-state index is 0.140. The molecule has 7 nitrogen and oxygen atoms in total. The molecule has 134 valence electrons. The number of carbonyl (C=O) groups is 1. The highest BCUT2D eigenvalue weighted by molar-refractivity contribution is 7.99. The lowest BCUT2D eigenvalue weighted by molar-refractivity contribution is -0.113. The Morgan fingerprint density at radius 1 is 1.32 bits per heavy atom. The Morgan fingerprint density at radius 2 is 2.08 bits per heavy atom. The molecule has 3 rings (SSSR count). The number of benzene rings is 1. The quantitative estimate of drug-likeness (QED) is 0.797. The van der Waals surface area contributed by atoms with Gasteiger partial charge in [0.15, 0.2) is 0 Å². The fourth-order valence-electron chi connectivity index (χ4n) is 2.62. The summed E-state index contributed by atoms with van der Waals surface area (Å²) in [5.74, 6) is 0.532. The number of para-hydroxylation sites is 1. The van der Waals surface area contributed by atoms with Gasteiger partial charge >= 0.3 is 0 Å². The molecular formula is C16H20ClN5O2S. The van der Waals surface area contributed by atoms with Crippen molar-refractivity contribution in [2.75, 3.05) is 49.2 Å². The maximum absolute atomic E-state index is 12.3. The predicted octanol–water partition coefficient (Wildman–Crippen LogP) is 2.51. The van der Waals surface area contributed by atoms with Crippen LogP contribution >= 0.6 is 23.4 Å². The van der Waals surface area contributed by atoms with Gasteiger partial charge in [-0.25, -0.2) is 0 Å². The van der Waals surface area contributed by atoms with Crippen molar-refractivity contribution in [1.29, 1.82) is 0 Å². The number of halogens is 1. The van der Waals surface area contributed by atoms with E-state index in [1.807, 2.05) is 18.2 Å². The van der Waals surface area contributed by atoms with Crippen LogP contribution in [0.4, 0.5) is 11.4 Å². The Hall–Kier alpha value is -1.77. The topological polar surface area (TPSA) is 74.5 Å². The summed E-state index contributed by atoms with van der Waals surface area (Å²) >= 11 is 7.62. The molecule has 1 fully saturated rings. The first kappa shape index (κ1) is 18.0. The molecule has 0 spiro atoms. The lowest BCUT2D eigenvalue weighted by Crippen LogP contribution is -2.44. The van der Waals surface area contributed by atoms with Gasteiger partial charge in [-0.15, -0.1) is 10.2 Å². The Labute approximate surface area is 155 Å². The molecule has 2 aromatic rings. The molecule has 1 aliphatic heterocycles. The van der Waals surface area contributed by atoms with Crippen LogP contribution in [0.1, 0.15) is 5.89 Å². The minimum atomic E-state index is -0.140. The number of amides is 1. The molecule has 1 aromatic heterocycles. The van der Waals surface area contributed by atoms with Gasteiger partial charge in [0.2, 0.25) is 11.8 Å². The lowest BCUT2D eigenvalue weighted by atomic mass is 10.2. The number of piperazine rings is 1. The molecule has 2 heterocycles. The number of thioether (sulfide) groups is 1. The monoisotopic (exact) mass is 381 g/mol. The number of nitrogens with one attached hydrogen (secondary N) is 1. The predicted molar refractivity (Wildman–Crippen MR) is 99.6 cm³/mol. The Morgan fingerprint density at radius 3 is 2.76 bits per heavy atom. The van der Waals surface area contributed by atoms with E-state index in [0.717, 1.165) is 37.6 Å². The van der Waals surface area contributed by atoms with E-state index in [4.69, 9.17) is 16.0 Å². The molecule has 1 N–H and O–H groups in total. The van der Waals surface area contributed by atoms with Crippen LogP contribution in [0.2, 0.25) is 5.02 Å². The van der Waals surface area contributed by atoms with E-state index in [1.54, 1.807) is 6.92 Å². The summed E-state index contributed by atoms with van der Waals surface area (Å²) in [4.78, 5) is 16.8. The first-order valence-corrected chi connectivity index (χ1v) is 9.34. The highest BCUT2D eigenvalue weighted by Gasteiger charge is 2.20. The molecule has 1 aromatic carbocycles. The maximum atomic E-state index is 12.3. The highest BCUT2D eigenvalue weighted by Crippen LogP contribution is 2.34. The zero-order chi connectivity index (χ0) is 17.8. The molecule has 1 aliphatic rings. The number of aromatic nitrogens is 2. The smallest absolute Gasteiger partial charge is 0.277 e. The summed E-state index contributed by atoms with van der Waals surface area (Å²) in [6, 6.07) is 5.56. The number of carbonyl (C=O) groups excluding carboxylic acids is 1. The fourth-order valence-corrected chi connectivity index (χ4v) is 3.52. The zero-order valence-electron chi connectivity index (χ0n) is 14.2. The summed E-state index contributed by atoms with van der Waals surface area (Å²) in [6.07, 6.45) is 0. The highest BCUT2D eigenvalue weighted by atomic mass is 35.5. The second kappa shape index (κ2) is 8.07. The van der Waals surface area contributed by atoms with Crippen LogP contribution in [0.5, 0.6) is 0 Å². The number of anilines is 2. The molecule has 0 aliphatic carbocycles. The first-order valence-electron chi connectivity index (χ1n) is 7.97. The molecule has 9 heteroatoms. The third kappa shape index (κ3) is 4.65. The summed E-state index contributed by atoms with van der Waals surface area (Å²) < 4.78 is 5.26. The molecule has 1 saturated heterocycles. The molecule has 0 saturated carbocycles. The van der Waals surface area contributed by atoms with Gasteiger partial charge in [-0.3, -0.25) is 4.79 Å². The number of likely N-dealkylation sites (N-methyl/N-ethyl adjacent to an activating group) is 1. The van der Waals surface area contributed by atoms with E-state index in [9.17, 15) is 4.79 Å². The van der Waals surface area contributed by atoms with Crippen molar-refractivity contribution in [3.8, 4) is 0 Å². The van der Waals surface area contributed by atoms with Gasteiger partial charge in [0.05, 0.1) is 22.2 Å². The van der Waals surface area contributed by atoms with E-state index < -0.39 is 0 Å². The number of hydrogen-bond donors (Lipinski definition) is 1. The van der Waals surface area contributed by atoms with Gasteiger partial charge in [-0.1, -0.05) is 29.4 Å². The molecule has 25 heavy (non-hydrogen) atoms. The van der Waals surface area contributed by atoms with Crippen molar-refractivity contribution in [2.24, 2.45) is 0 Å². The van der Waals surface area contributed by atoms with Crippen molar-refractivity contribution in [3.63, 3.8) is 0 Å². The van der Waals surface area contributed by atoms with Crippen molar-refractivity contribution < 1.29 is 9.21 Å². The average Bonchev–Trinajstić information content (AvgIpc) is 3.00. The molecule has 1 amide bonds. The van der Waals surface area contributed by atoms with Gasteiger partial charge in [-0.05, 0) is 19.2 Å². The van der Waals surface area contributed by atoms with Gasteiger partial charge in [-0.2, -0.15) is 0 Å². The van der Waals surface area contributed by atoms with Crippen LogP contribution in [0.3, 0.4) is 0 Å². The van der Waals surface area contributed by atoms with Crippen LogP contribution < -0.4 is 10.2 Å². The number of hydrogen-bond acceptors (Lipinski definition) is 7. The summed E-state index contributed by atoms with van der Waals surface area (Å²) in [6.45, 7) is 5.39. The summed E-state index contributed by atoms with van der Waals surface area (Å²) in [5.41, 5.74) is 1.61. The van der Waals surface area contributed by atoms with Crippen LogP contribution in [-0.2, 0) is 4.79 Å². The third-order valence-corrected chi connectivity index (χ3v) is 5.04. The summed E-state index contributed by atoms with van der Waals surface area (Å²) in [5, 5.41) is 11.6. The lowest BCUT2D eigenvalue weighted by Gasteiger charge is -2.35. The van der Waals surface area contributed by atoms with Crippen molar-refractivity contribution in [2.45, 2.75) is 12.1 Å². The zero-order valence-corrected chi connectivity index (χ0v) is 15.7. The fraction of sp³-hybridized carbons (Fsp3) is 0.438. The molecule has 0 bridgehead atoms. The van der Waals surface area contributed by atoms with E-state index >= 15 is 0 Å². The van der Waals surface area contributed by atoms with Crippen LogP contribution in [-0.4, -0.2) is 60.0 Å². The van der Waals surface area contributed by atoms with E-state index in [2.05, 4.69) is 32.4 Å². The van der Waals surface area contributed by atoms with E-state index in [0.29, 0.717) is 16.1 Å². The third-order valence-electron chi connectivity index (χ3n) is 3.91. The van der Waals surface area contributed by atoms with Crippen LogP contribution in [0, 0.1) is 6.92 Å². The maximum Gasteiger partial charge on any atom is 0.277 e. The van der Waals surface area contributed by atoms with E-state index in [-0.39, 0.29) is 11.7 Å². The molecule has 0 unspecified atom stereocenters.